The molecule has 0 radical (unpaired) electrons. The van der Waals surface area contributed by atoms with Crippen LogP contribution >= 0.6 is 22.7 Å². The van der Waals surface area contributed by atoms with Gasteiger partial charge in [0.15, 0.2) is 5.13 Å². The van der Waals surface area contributed by atoms with Gasteiger partial charge in [0.05, 0.1) is 10.2 Å². The van der Waals surface area contributed by atoms with E-state index in [1.54, 1.807) is 11.3 Å². The van der Waals surface area contributed by atoms with E-state index in [0.717, 1.165) is 17.1 Å². The van der Waals surface area contributed by atoms with Crippen molar-refractivity contribution in [2.75, 3.05) is 5.32 Å². The van der Waals surface area contributed by atoms with Crippen LogP contribution < -0.4 is 5.32 Å². The van der Waals surface area contributed by atoms with Crippen molar-refractivity contribution in [1.82, 2.24) is 4.98 Å². The largest absolute Gasteiger partial charge is 0.359 e. The highest BCUT2D eigenvalue weighted by atomic mass is 32.1. The van der Waals surface area contributed by atoms with Gasteiger partial charge in [-0.3, -0.25) is 0 Å². The van der Waals surface area contributed by atoms with Gasteiger partial charge in [0, 0.05) is 17.3 Å². The summed E-state index contributed by atoms with van der Waals surface area (Å²) >= 11 is 3.54. The predicted molar refractivity (Wildman–Crippen MR) is 85.5 cm³/mol. The average molecular weight is 288 g/mol. The highest BCUT2D eigenvalue weighted by molar-refractivity contribution is 7.22. The second kappa shape index (κ2) is 5.31. The minimum absolute atomic E-state index is 0.403. The van der Waals surface area contributed by atoms with Gasteiger partial charge in [-0.15, -0.1) is 11.3 Å². The van der Waals surface area contributed by atoms with E-state index in [9.17, 15) is 0 Å². The standard InChI is InChI=1S/C15H16N2S2/c1-10-5-6-14-13(8-10)17-15(19-14)16-11(2)9-12-4-3-7-18-12/h3-8,11H,9H2,1-2H3,(H,16,17). The lowest BCUT2D eigenvalue weighted by atomic mass is 10.2. The maximum Gasteiger partial charge on any atom is 0.184 e. The van der Waals surface area contributed by atoms with Crippen LogP contribution in [-0.4, -0.2) is 11.0 Å². The van der Waals surface area contributed by atoms with Gasteiger partial charge in [-0.2, -0.15) is 0 Å². The van der Waals surface area contributed by atoms with Crippen LogP contribution in [0.15, 0.2) is 35.7 Å². The fourth-order valence-corrected chi connectivity index (χ4v) is 3.88. The van der Waals surface area contributed by atoms with Crippen LogP contribution in [0.1, 0.15) is 17.4 Å². The molecule has 1 aromatic carbocycles. The summed E-state index contributed by atoms with van der Waals surface area (Å²) < 4.78 is 1.25. The SMILES string of the molecule is Cc1ccc2sc(NC(C)Cc3cccs3)nc2c1. The summed E-state index contributed by atoms with van der Waals surface area (Å²) in [6.45, 7) is 4.31. The van der Waals surface area contributed by atoms with E-state index in [2.05, 4.69) is 59.9 Å². The Kier molecular flexibility index (Phi) is 3.53. The van der Waals surface area contributed by atoms with Crippen molar-refractivity contribution in [2.24, 2.45) is 0 Å². The van der Waals surface area contributed by atoms with Crippen LogP contribution in [0.2, 0.25) is 0 Å². The minimum Gasteiger partial charge on any atom is -0.359 e. The number of benzene rings is 1. The number of aromatic nitrogens is 1. The maximum atomic E-state index is 4.65. The summed E-state index contributed by atoms with van der Waals surface area (Å²) in [7, 11) is 0. The van der Waals surface area contributed by atoms with Crippen molar-refractivity contribution in [3.63, 3.8) is 0 Å². The number of nitrogens with zero attached hydrogens (tertiary/aromatic N) is 1. The Labute approximate surface area is 121 Å². The highest BCUT2D eigenvalue weighted by Crippen LogP contribution is 2.27. The Morgan fingerprint density at radius 3 is 3.00 bits per heavy atom. The van der Waals surface area contributed by atoms with Gasteiger partial charge >= 0.3 is 0 Å². The Bertz CT molecular complexity index is 671. The van der Waals surface area contributed by atoms with Gasteiger partial charge < -0.3 is 5.32 Å². The zero-order chi connectivity index (χ0) is 13.2. The summed E-state index contributed by atoms with van der Waals surface area (Å²) in [5.41, 5.74) is 2.35. The molecule has 0 aliphatic rings. The Morgan fingerprint density at radius 2 is 2.21 bits per heavy atom. The highest BCUT2D eigenvalue weighted by Gasteiger charge is 2.08. The number of thiophene rings is 1. The molecule has 1 atom stereocenters. The first-order valence-electron chi connectivity index (χ1n) is 6.37. The first-order valence-corrected chi connectivity index (χ1v) is 8.06. The summed E-state index contributed by atoms with van der Waals surface area (Å²) in [6.07, 6.45) is 1.05. The Morgan fingerprint density at radius 1 is 1.32 bits per heavy atom. The molecule has 1 N–H and O–H groups in total. The lowest BCUT2D eigenvalue weighted by Gasteiger charge is -2.11. The van der Waals surface area contributed by atoms with Gasteiger partial charge in [-0.1, -0.05) is 23.5 Å². The first-order chi connectivity index (χ1) is 9.20. The molecule has 98 valence electrons. The van der Waals surface area contributed by atoms with Crippen molar-refractivity contribution in [3.8, 4) is 0 Å². The fraction of sp³-hybridized carbons (Fsp3) is 0.267. The summed E-state index contributed by atoms with van der Waals surface area (Å²) in [4.78, 5) is 6.07. The number of nitrogens with one attached hydrogen (secondary N) is 1. The number of fused-ring (bicyclic) bond motifs is 1. The van der Waals surface area contributed by atoms with E-state index < -0.39 is 0 Å². The van der Waals surface area contributed by atoms with Crippen molar-refractivity contribution in [1.29, 1.82) is 0 Å². The van der Waals surface area contributed by atoms with Crippen LogP contribution in [-0.2, 0) is 6.42 Å². The van der Waals surface area contributed by atoms with Crippen molar-refractivity contribution in [3.05, 3.63) is 46.2 Å². The predicted octanol–water partition coefficient (Wildman–Crippen LogP) is 4.71. The van der Waals surface area contributed by atoms with E-state index >= 15 is 0 Å². The molecule has 2 nitrogen and oxygen atoms in total. The van der Waals surface area contributed by atoms with Crippen LogP contribution in [0.25, 0.3) is 10.2 Å². The average Bonchev–Trinajstić information content (AvgIpc) is 2.97. The Balaban J connectivity index is 1.74. The smallest absolute Gasteiger partial charge is 0.184 e. The van der Waals surface area contributed by atoms with E-state index in [1.807, 2.05) is 11.3 Å². The molecule has 0 spiro atoms. The molecule has 0 amide bonds. The van der Waals surface area contributed by atoms with Crippen LogP contribution in [0.5, 0.6) is 0 Å². The van der Waals surface area contributed by atoms with Gasteiger partial charge in [-0.05, 0) is 43.0 Å². The van der Waals surface area contributed by atoms with Crippen molar-refractivity contribution in [2.45, 2.75) is 26.3 Å². The van der Waals surface area contributed by atoms with Crippen molar-refractivity contribution < 1.29 is 0 Å². The second-order valence-corrected chi connectivity index (χ2v) is 6.88. The lowest BCUT2D eigenvalue weighted by Crippen LogP contribution is -2.17. The molecule has 0 saturated heterocycles. The quantitative estimate of drug-likeness (QED) is 0.752. The number of aryl methyl sites for hydroxylation is 1. The molecule has 3 aromatic rings. The van der Waals surface area contributed by atoms with E-state index in [1.165, 1.54) is 15.1 Å². The third-order valence-electron chi connectivity index (χ3n) is 3.00. The second-order valence-electron chi connectivity index (χ2n) is 4.82. The molecule has 2 heterocycles. The molecule has 0 aliphatic heterocycles. The maximum absolute atomic E-state index is 4.65. The molecular weight excluding hydrogens is 272 g/mol. The van der Waals surface area contributed by atoms with Crippen LogP contribution in [0.4, 0.5) is 5.13 Å². The van der Waals surface area contributed by atoms with E-state index in [0.29, 0.717) is 6.04 Å². The molecule has 2 aromatic heterocycles. The number of hydrogen-bond acceptors (Lipinski definition) is 4. The van der Waals surface area contributed by atoms with E-state index in [4.69, 9.17) is 0 Å². The molecule has 3 rings (SSSR count). The zero-order valence-electron chi connectivity index (χ0n) is 11.0. The Hall–Kier alpha value is -1.39. The monoisotopic (exact) mass is 288 g/mol. The molecular formula is C15H16N2S2. The molecule has 0 bridgehead atoms. The summed E-state index contributed by atoms with van der Waals surface area (Å²) in [5.74, 6) is 0. The third-order valence-corrected chi connectivity index (χ3v) is 4.87. The number of rotatable bonds is 4. The van der Waals surface area contributed by atoms with Gasteiger partial charge in [0.2, 0.25) is 0 Å². The number of thiazole rings is 1. The van der Waals surface area contributed by atoms with Gasteiger partial charge in [-0.25, -0.2) is 4.98 Å². The minimum atomic E-state index is 0.403. The molecule has 0 aliphatic carbocycles. The fourth-order valence-electron chi connectivity index (χ4n) is 2.09. The van der Waals surface area contributed by atoms with E-state index in [-0.39, 0.29) is 0 Å². The van der Waals surface area contributed by atoms with Gasteiger partial charge in [0.1, 0.15) is 0 Å². The lowest BCUT2D eigenvalue weighted by molar-refractivity contribution is 0.799. The summed E-state index contributed by atoms with van der Waals surface area (Å²) in [5, 5.41) is 6.65. The first kappa shape index (κ1) is 12.6. The molecule has 4 heteroatoms. The number of hydrogen-bond donors (Lipinski definition) is 1. The molecule has 19 heavy (non-hydrogen) atoms. The van der Waals surface area contributed by atoms with Crippen molar-refractivity contribution >= 4 is 38.0 Å². The zero-order valence-corrected chi connectivity index (χ0v) is 12.6. The van der Waals surface area contributed by atoms with Crippen LogP contribution in [0.3, 0.4) is 0 Å². The van der Waals surface area contributed by atoms with Crippen LogP contribution in [0, 0.1) is 6.92 Å². The molecule has 1 unspecified atom stereocenters. The van der Waals surface area contributed by atoms with Gasteiger partial charge in [0.25, 0.3) is 0 Å². The third kappa shape index (κ3) is 2.96. The summed E-state index contributed by atoms with van der Waals surface area (Å²) in [6, 6.07) is 11.1. The topological polar surface area (TPSA) is 24.9 Å². The molecule has 0 fully saturated rings. The molecule has 0 saturated carbocycles. The normalized spacial score (nSPS) is 12.7. The number of anilines is 1.